The highest BCUT2D eigenvalue weighted by Crippen LogP contribution is 2.48. The van der Waals surface area contributed by atoms with Gasteiger partial charge in [0.25, 0.3) is 0 Å². The summed E-state index contributed by atoms with van der Waals surface area (Å²) in [4.78, 5) is 0. The van der Waals surface area contributed by atoms with Crippen LogP contribution in [-0.4, -0.2) is 5.60 Å². The van der Waals surface area contributed by atoms with Gasteiger partial charge in [0.1, 0.15) is 17.2 Å². The van der Waals surface area contributed by atoms with Crippen molar-refractivity contribution in [3.05, 3.63) is 29.6 Å². The molecular weight excluding hydrogens is 241 g/mol. The Balaban J connectivity index is 1.97. The minimum absolute atomic E-state index is 0.105. The summed E-state index contributed by atoms with van der Waals surface area (Å²) in [5.74, 6) is 1.13. The first-order valence-corrected chi connectivity index (χ1v) is 7.38. The largest absolute Gasteiger partial charge is 0.487 e. The molecule has 2 N–H and O–H groups in total. The fourth-order valence-corrected chi connectivity index (χ4v) is 3.91. The Morgan fingerprint density at radius 3 is 3.05 bits per heavy atom. The van der Waals surface area contributed by atoms with E-state index in [4.69, 9.17) is 10.5 Å². The average molecular weight is 263 g/mol. The summed E-state index contributed by atoms with van der Waals surface area (Å²) in [6.45, 7) is 2.23. The third-order valence-corrected chi connectivity index (χ3v) is 4.89. The maximum atomic E-state index is 13.3. The van der Waals surface area contributed by atoms with Crippen molar-refractivity contribution in [2.45, 2.75) is 57.1 Å². The molecule has 0 radical (unpaired) electrons. The maximum Gasteiger partial charge on any atom is 0.125 e. The van der Waals surface area contributed by atoms with Crippen LogP contribution in [0.5, 0.6) is 5.75 Å². The van der Waals surface area contributed by atoms with Crippen LogP contribution in [0.25, 0.3) is 0 Å². The normalized spacial score (nSPS) is 33.8. The van der Waals surface area contributed by atoms with Gasteiger partial charge in [0.2, 0.25) is 0 Å². The van der Waals surface area contributed by atoms with Crippen molar-refractivity contribution in [2.75, 3.05) is 0 Å². The highest BCUT2D eigenvalue weighted by atomic mass is 19.1. The van der Waals surface area contributed by atoms with Gasteiger partial charge in [0.05, 0.1) is 0 Å². The number of halogens is 1. The minimum atomic E-state index is -0.232. The van der Waals surface area contributed by atoms with Crippen LogP contribution in [0, 0.1) is 11.7 Å². The van der Waals surface area contributed by atoms with Crippen LogP contribution in [0.1, 0.15) is 57.1 Å². The lowest BCUT2D eigenvalue weighted by molar-refractivity contribution is -0.0490. The Hall–Kier alpha value is -1.09. The molecule has 3 atom stereocenters. The van der Waals surface area contributed by atoms with Crippen molar-refractivity contribution >= 4 is 0 Å². The monoisotopic (exact) mass is 263 g/mol. The molecule has 2 unspecified atom stereocenters. The van der Waals surface area contributed by atoms with Gasteiger partial charge in [-0.15, -0.1) is 0 Å². The van der Waals surface area contributed by atoms with Gasteiger partial charge in [-0.3, -0.25) is 0 Å². The second kappa shape index (κ2) is 4.78. The minimum Gasteiger partial charge on any atom is -0.487 e. The average Bonchev–Trinajstić information content (AvgIpc) is 2.40. The second-order valence-electron chi connectivity index (χ2n) is 6.01. The molecular formula is C16H22FNO. The first-order valence-electron chi connectivity index (χ1n) is 7.38. The smallest absolute Gasteiger partial charge is 0.125 e. The molecule has 1 aromatic rings. The number of hydrogen-bond donors (Lipinski definition) is 1. The van der Waals surface area contributed by atoms with Crippen LogP contribution in [-0.2, 0) is 0 Å². The fourth-order valence-electron chi connectivity index (χ4n) is 3.91. The summed E-state index contributed by atoms with van der Waals surface area (Å²) in [5.41, 5.74) is 7.00. The van der Waals surface area contributed by atoms with Crippen LogP contribution in [0.2, 0.25) is 0 Å². The molecule has 0 aromatic heterocycles. The van der Waals surface area contributed by atoms with Gasteiger partial charge in [-0.25, -0.2) is 4.39 Å². The molecule has 2 aliphatic rings. The number of benzene rings is 1. The van der Waals surface area contributed by atoms with E-state index in [9.17, 15) is 4.39 Å². The van der Waals surface area contributed by atoms with Crippen LogP contribution >= 0.6 is 0 Å². The van der Waals surface area contributed by atoms with Gasteiger partial charge < -0.3 is 10.5 Å². The van der Waals surface area contributed by atoms with Gasteiger partial charge in [0, 0.05) is 18.0 Å². The Kier molecular flexibility index (Phi) is 3.25. The number of rotatable bonds is 1. The zero-order valence-electron chi connectivity index (χ0n) is 11.5. The SMILES string of the molecule is CCC1CCCCC12C[C@H](N)c1cc(F)ccc1O2. The highest BCUT2D eigenvalue weighted by molar-refractivity contribution is 5.39. The summed E-state index contributed by atoms with van der Waals surface area (Å²) >= 11 is 0. The first-order chi connectivity index (χ1) is 9.14. The standard InChI is InChI=1S/C16H22FNO/c1-2-11-5-3-4-8-16(11)10-14(18)13-9-12(17)6-7-15(13)19-16/h6-7,9,11,14H,2-5,8,10,18H2,1H3/t11?,14-,16?/m0/s1. The van der Waals surface area contributed by atoms with Crippen molar-refractivity contribution < 1.29 is 9.13 Å². The van der Waals surface area contributed by atoms with Gasteiger partial charge >= 0.3 is 0 Å². The summed E-state index contributed by atoms with van der Waals surface area (Å²) < 4.78 is 19.7. The lowest BCUT2D eigenvalue weighted by Crippen LogP contribution is -2.50. The van der Waals surface area contributed by atoms with Gasteiger partial charge in [0.15, 0.2) is 0 Å². The molecule has 1 aliphatic heterocycles. The van der Waals surface area contributed by atoms with Crippen molar-refractivity contribution in [1.82, 2.24) is 0 Å². The van der Waals surface area contributed by atoms with Crippen molar-refractivity contribution in [1.29, 1.82) is 0 Å². The van der Waals surface area contributed by atoms with E-state index >= 15 is 0 Å². The molecule has 1 heterocycles. The molecule has 0 saturated heterocycles. The third kappa shape index (κ3) is 2.14. The zero-order chi connectivity index (χ0) is 13.5. The Bertz CT molecular complexity index is 476. The lowest BCUT2D eigenvalue weighted by Gasteiger charge is -2.48. The van der Waals surface area contributed by atoms with E-state index in [0.29, 0.717) is 5.92 Å². The van der Waals surface area contributed by atoms with Gasteiger partial charge in [-0.05, 0) is 49.8 Å². The quantitative estimate of drug-likeness (QED) is 0.832. The predicted octanol–water partition coefficient (Wildman–Crippen LogP) is 3.95. The molecule has 3 rings (SSSR count). The fraction of sp³-hybridized carbons (Fsp3) is 0.625. The molecule has 104 valence electrons. The van der Waals surface area contributed by atoms with E-state index in [1.807, 2.05) is 0 Å². The Labute approximate surface area is 114 Å². The second-order valence-corrected chi connectivity index (χ2v) is 6.01. The van der Waals surface area contributed by atoms with Crippen molar-refractivity contribution in [3.63, 3.8) is 0 Å². The summed E-state index contributed by atoms with van der Waals surface area (Å²) in [5, 5.41) is 0. The summed E-state index contributed by atoms with van der Waals surface area (Å²) in [7, 11) is 0. The Morgan fingerprint density at radius 1 is 1.42 bits per heavy atom. The molecule has 1 aromatic carbocycles. The summed E-state index contributed by atoms with van der Waals surface area (Å²) in [6, 6.07) is 4.63. The Morgan fingerprint density at radius 2 is 2.26 bits per heavy atom. The van der Waals surface area contributed by atoms with Crippen LogP contribution < -0.4 is 10.5 Å². The molecule has 1 aliphatic carbocycles. The molecule has 3 heteroatoms. The predicted molar refractivity (Wildman–Crippen MR) is 73.6 cm³/mol. The molecule has 0 amide bonds. The maximum absolute atomic E-state index is 13.3. The van der Waals surface area contributed by atoms with Crippen LogP contribution in [0.3, 0.4) is 0 Å². The van der Waals surface area contributed by atoms with E-state index in [-0.39, 0.29) is 17.5 Å². The van der Waals surface area contributed by atoms with Crippen LogP contribution in [0.15, 0.2) is 18.2 Å². The molecule has 2 nitrogen and oxygen atoms in total. The first kappa shape index (κ1) is 12.9. The number of fused-ring (bicyclic) bond motifs is 1. The van der Waals surface area contributed by atoms with E-state index in [2.05, 4.69) is 6.92 Å². The topological polar surface area (TPSA) is 35.2 Å². The van der Waals surface area contributed by atoms with Crippen LogP contribution in [0.4, 0.5) is 4.39 Å². The highest BCUT2D eigenvalue weighted by Gasteiger charge is 2.46. The van der Waals surface area contributed by atoms with Crippen molar-refractivity contribution in [3.8, 4) is 5.75 Å². The molecule has 0 bridgehead atoms. The summed E-state index contributed by atoms with van der Waals surface area (Å²) in [6.07, 6.45) is 6.75. The van der Waals surface area contributed by atoms with E-state index < -0.39 is 0 Å². The zero-order valence-corrected chi connectivity index (χ0v) is 11.5. The van der Waals surface area contributed by atoms with Gasteiger partial charge in [-0.1, -0.05) is 13.3 Å². The molecule has 1 fully saturated rings. The third-order valence-electron chi connectivity index (χ3n) is 4.89. The van der Waals surface area contributed by atoms with E-state index in [1.165, 1.54) is 31.4 Å². The molecule has 1 spiro atoms. The van der Waals surface area contributed by atoms with E-state index in [1.54, 1.807) is 6.07 Å². The lowest BCUT2D eigenvalue weighted by atomic mass is 9.69. The van der Waals surface area contributed by atoms with Crippen molar-refractivity contribution in [2.24, 2.45) is 11.7 Å². The van der Waals surface area contributed by atoms with Gasteiger partial charge in [-0.2, -0.15) is 0 Å². The number of nitrogens with two attached hydrogens (primary N) is 1. The molecule has 19 heavy (non-hydrogen) atoms. The number of hydrogen-bond acceptors (Lipinski definition) is 2. The molecule has 1 saturated carbocycles. The van der Waals surface area contributed by atoms with E-state index in [0.717, 1.165) is 30.6 Å². The number of ether oxygens (including phenoxy) is 1.